The van der Waals surface area contributed by atoms with E-state index in [-0.39, 0.29) is 19.0 Å². The first-order valence-corrected chi connectivity index (χ1v) is 6.77. The van der Waals surface area contributed by atoms with E-state index in [1.807, 2.05) is 18.2 Å². The molecule has 0 saturated carbocycles. The lowest BCUT2D eigenvalue weighted by Gasteiger charge is -2.14. The first kappa shape index (κ1) is 17.3. The molecule has 1 aromatic carbocycles. The zero-order valence-electron chi connectivity index (χ0n) is 12.0. The highest BCUT2D eigenvalue weighted by molar-refractivity contribution is 5.79. The van der Waals surface area contributed by atoms with Gasteiger partial charge in [-0.15, -0.1) is 0 Å². The van der Waals surface area contributed by atoms with Gasteiger partial charge in [-0.3, -0.25) is 5.41 Å². The van der Waals surface area contributed by atoms with Crippen LogP contribution in [0.3, 0.4) is 0 Å². The van der Waals surface area contributed by atoms with Crippen LogP contribution in [0.2, 0.25) is 0 Å². The van der Waals surface area contributed by atoms with E-state index in [1.54, 1.807) is 12.1 Å². The van der Waals surface area contributed by atoms with Crippen LogP contribution in [0.4, 0.5) is 4.79 Å². The molecule has 8 nitrogen and oxygen atoms in total. The zero-order valence-corrected chi connectivity index (χ0v) is 12.0. The van der Waals surface area contributed by atoms with E-state index >= 15 is 0 Å². The van der Waals surface area contributed by atoms with Gasteiger partial charge in [0.15, 0.2) is 5.96 Å². The summed E-state index contributed by atoms with van der Waals surface area (Å²) in [7, 11) is 0. The van der Waals surface area contributed by atoms with E-state index in [1.165, 1.54) is 0 Å². The number of alkyl carbamates (subject to hydrolysis) is 1. The van der Waals surface area contributed by atoms with E-state index < -0.39 is 18.1 Å². The van der Waals surface area contributed by atoms with Crippen LogP contribution in [-0.2, 0) is 16.1 Å². The Hall–Kier alpha value is -2.77. The predicted octanol–water partition coefficient (Wildman–Crippen LogP) is 0.629. The lowest BCUT2D eigenvalue weighted by Crippen LogP contribution is -2.41. The van der Waals surface area contributed by atoms with Gasteiger partial charge in [0.25, 0.3) is 0 Å². The number of ether oxygens (including phenoxy) is 1. The van der Waals surface area contributed by atoms with Gasteiger partial charge >= 0.3 is 12.1 Å². The largest absolute Gasteiger partial charge is 0.480 e. The Morgan fingerprint density at radius 2 is 2.00 bits per heavy atom. The molecule has 1 aromatic rings. The molecule has 0 aromatic heterocycles. The van der Waals surface area contributed by atoms with Gasteiger partial charge in [0.2, 0.25) is 0 Å². The van der Waals surface area contributed by atoms with Gasteiger partial charge in [-0.1, -0.05) is 30.3 Å². The molecule has 0 aliphatic heterocycles. The average molecular weight is 308 g/mol. The van der Waals surface area contributed by atoms with Crippen molar-refractivity contribution in [3.8, 4) is 0 Å². The Morgan fingerprint density at radius 3 is 2.59 bits per heavy atom. The summed E-state index contributed by atoms with van der Waals surface area (Å²) in [6.45, 7) is 0.435. The van der Waals surface area contributed by atoms with Crippen molar-refractivity contribution in [1.29, 1.82) is 5.41 Å². The fourth-order valence-corrected chi connectivity index (χ4v) is 1.69. The molecule has 0 saturated heterocycles. The van der Waals surface area contributed by atoms with Crippen LogP contribution in [0.15, 0.2) is 30.3 Å². The fourth-order valence-electron chi connectivity index (χ4n) is 1.69. The molecule has 0 heterocycles. The van der Waals surface area contributed by atoms with Crippen molar-refractivity contribution in [3.05, 3.63) is 35.9 Å². The first-order chi connectivity index (χ1) is 10.5. The molecule has 22 heavy (non-hydrogen) atoms. The van der Waals surface area contributed by atoms with Gasteiger partial charge in [-0.05, 0) is 18.4 Å². The second kappa shape index (κ2) is 9.22. The molecular weight excluding hydrogens is 288 g/mol. The third-order valence-electron chi connectivity index (χ3n) is 2.79. The summed E-state index contributed by atoms with van der Waals surface area (Å²) in [6.07, 6.45) is -0.137. The second-order valence-electron chi connectivity index (χ2n) is 4.58. The lowest BCUT2D eigenvalue weighted by atomic mass is 10.1. The summed E-state index contributed by atoms with van der Waals surface area (Å²) in [5.41, 5.74) is 5.93. The third kappa shape index (κ3) is 7.13. The van der Waals surface area contributed by atoms with Crippen LogP contribution < -0.4 is 16.4 Å². The highest BCUT2D eigenvalue weighted by Crippen LogP contribution is 2.02. The van der Waals surface area contributed by atoms with E-state index in [0.29, 0.717) is 13.0 Å². The average Bonchev–Trinajstić information content (AvgIpc) is 2.48. The van der Waals surface area contributed by atoms with Gasteiger partial charge in [-0.2, -0.15) is 0 Å². The number of guanidine groups is 1. The minimum atomic E-state index is -1.14. The summed E-state index contributed by atoms with van der Waals surface area (Å²) in [5.74, 6) is -1.32. The van der Waals surface area contributed by atoms with Crippen LogP contribution in [0.25, 0.3) is 0 Å². The van der Waals surface area contributed by atoms with Crippen LogP contribution in [-0.4, -0.2) is 35.7 Å². The van der Waals surface area contributed by atoms with Crippen molar-refractivity contribution in [2.45, 2.75) is 25.5 Å². The second-order valence-corrected chi connectivity index (χ2v) is 4.58. The lowest BCUT2D eigenvalue weighted by molar-refractivity contribution is -0.139. The molecule has 1 rings (SSSR count). The monoisotopic (exact) mass is 308 g/mol. The summed E-state index contributed by atoms with van der Waals surface area (Å²) < 4.78 is 4.97. The maximum absolute atomic E-state index is 11.6. The van der Waals surface area contributed by atoms with Gasteiger partial charge < -0.3 is 26.2 Å². The van der Waals surface area contributed by atoms with Gasteiger partial charge in [0.1, 0.15) is 12.6 Å². The number of carboxylic acids is 1. The number of carbonyl (C=O) groups is 2. The van der Waals surface area contributed by atoms with Crippen molar-refractivity contribution < 1.29 is 19.4 Å². The van der Waals surface area contributed by atoms with Crippen molar-refractivity contribution in [1.82, 2.24) is 10.6 Å². The summed E-state index contributed by atoms with van der Waals surface area (Å²) in [6, 6.07) is 8.04. The van der Waals surface area contributed by atoms with Crippen LogP contribution >= 0.6 is 0 Å². The Kier molecular flexibility index (Phi) is 7.24. The summed E-state index contributed by atoms with van der Waals surface area (Å²) in [4.78, 5) is 22.7. The van der Waals surface area contributed by atoms with Crippen LogP contribution in [0.5, 0.6) is 0 Å². The Balaban J connectivity index is 2.34. The van der Waals surface area contributed by atoms with Crippen molar-refractivity contribution in [2.24, 2.45) is 5.73 Å². The van der Waals surface area contributed by atoms with E-state index in [0.717, 1.165) is 5.56 Å². The highest BCUT2D eigenvalue weighted by Gasteiger charge is 2.20. The number of rotatable bonds is 8. The third-order valence-corrected chi connectivity index (χ3v) is 2.79. The van der Waals surface area contributed by atoms with E-state index in [4.69, 9.17) is 21.0 Å². The fraction of sp³-hybridized carbons (Fsp3) is 0.357. The number of carbonyl (C=O) groups excluding carboxylic acids is 1. The van der Waals surface area contributed by atoms with Gasteiger partial charge in [-0.25, -0.2) is 9.59 Å². The van der Waals surface area contributed by atoms with Crippen molar-refractivity contribution in [2.75, 3.05) is 6.54 Å². The summed E-state index contributed by atoms with van der Waals surface area (Å²) in [5, 5.41) is 20.9. The topological polar surface area (TPSA) is 138 Å². The smallest absolute Gasteiger partial charge is 0.408 e. The predicted molar refractivity (Wildman–Crippen MR) is 80.3 cm³/mol. The summed E-state index contributed by atoms with van der Waals surface area (Å²) >= 11 is 0. The van der Waals surface area contributed by atoms with Crippen molar-refractivity contribution in [3.63, 3.8) is 0 Å². The maximum atomic E-state index is 11.6. The SMILES string of the molecule is N=C(N)NCCC[C@@H](NC(=O)OCc1ccccc1)C(=O)O. The number of amides is 1. The molecule has 6 N–H and O–H groups in total. The number of hydrogen-bond acceptors (Lipinski definition) is 4. The molecule has 0 aliphatic carbocycles. The van der Waals surface area contributed by atoms with Gasteiger partial charge in [0.05, 0.1) is 0 Å². The number of hydrogen-bond donors (Lipinski definition) is 5. The molecule has 0 spiro atoms. The molecule has 8 heteroatoms. The highest BCUT2D eigenvalue weighted by atomic mass is 16.5. The standard InChI is InChI=1S/C14H20N4O4/c15-13(16)17-8-4-7-11(12(19)20)18-14(21)22-9-10-5-2-1-3-6-10/h1-3,5-6,11H,4,7-9H2,(H,18,21)(H,19,20)(H4,15,16,17)/t11-/m1/s1. The molecule has 0 radical (unpaired) electrons. The molecule has 0 aliphatic rings. The van der Waals surface area contributed by atoms with E-state index in [2.05, 4.69) is 10.6 Å². The normalized spacial score (nSPS) is 11.3. The van der Waals surface area contributed by atoms with E-state index in [9.17, 15) is 9.59 Å². The van der Waals surface area contributed by atoms with Crippen LogP contribution in [0.1, 0.15) is 18.4 Å². The Labute approximate surface area is 128 Å². The molecule has 0 fully saturated rings. The first-order valence-electron chi connectivity index (χ1n) is 6.77. The maximum Gasteiger partial charge on any atom is 0.408 e. The molecular formula is C14H20N4O4. The van der Waals surface area contributed by atoms with Crippen molar-refractivity contribution >= 4 is 18.0 Å². The molecule has 1 atom stereocenters. The minimum Gasteiger partial charge on any atom is -0.480 e. The number of aliphatic carboxylic acids is 1. The number of carboxylic acid groups (broad SMARTS) is 1. The number of benzene rings is 1. The molecule has 1 amide bonds. The van der Waals surface area contributed by atoms with Crippen LogP contribution in [0, 0.1) is 5.41 Å². The number of nitrogens with two attached hydrogens (primary N) is 1. The zero-order chi connectivity index (χ0) is 16.4. The Bertz CT molecular complexity index is 507. The number of nitrogens with one attached hydrogen (secondary N) is 3. The Morgan fingerprint density at radius 1 is 1.32 bits per heavy atom. The molecule has 120 valence electrons. The molecule has 0 bridgehead atoms. The molecule has 0 unspecified atom stereocenters. The van der Waals surface area contributed by atoms with Gasteiger partial charge in [0, 0.05) is 6.54 Å². The minimum absolute atomic E-state index is 0.0743. The quantitative estimate of drug-likeness (QED) is 0.271.